The fourth-order valence-corrected chi connectivity index (χ4v) is 2.61. The third kappa shape index (κ3) is 3.15. The van der Waals surface area contributed by atoms with Crippen molar-refractivity contribution in [3.05, 3.63) is 40.9 Å². The van der Waals surface area contributed by atoms with Gasteiger partial charge in [0.2, 0.25) is 0 Å². The molecule has 102 valence electrons. The molecular formula is C14H14F3NS. The van der Waals surface area contributed by atoms with Gasteiger partial charge in [-0.3, -0.25) is 0 Å². The maximum absolute atomic E-state index is 12.5. The van der Waals surface area contributed by atoms with Crippen LogP contribution in [0.1, 0.15) is 32.0 Å². The van der Waals surface area contributed by atoms with Gasteiger partial charge in [-0.2, -0.15) is 13.2 Å². The van der Waals surface area contributed by atoms with Crippen LogP contribution in [0.2, 0.25) is 0 Å². The summed E-state index contributed by atoms with van der Waals surface area (Å²) in [5, 5.41) is 2.70. The van der Waals surface area contributed by atoms with Crippen LogP contribution in [0.4, 0.5) is 13.2 Å². The predicted molar refractivity (Wildman–Crippen MR) is 71.3 cm³/mol. The molecule has 0 radical (unpaired) electrons. The van der Waals surface area contributed by atoms with Crippen LogP contribution in [0.5, 0.6) is 0 Å². The third-order valence-corrected chi connectivity index (χ3v) is 3.62. The molecule has 0 N–H and O–H groups in total. The van der Waals surface area contributed by atoms with Gasteiger partial charge in [0, 0.05) is 16.4 Å². The molecule has 0 bridgehead atoms. The van der Waals surface area contributed by atoms with Gasteiger partial charge in [0.15, 0.2) is 0 Å². The lowest BCUT2D eigenvalue weighted by atomic mass is 9.93. The molecule has 0 aliphatic carbocycles. The molecule has 0 spiro atoms. The van der Waals surface area contributed by atoms with Gasteiger partial charge in [-0.25, -0.2) is 4.98 Å². The molecule has 0 saturated carbocycles. The first-order valence-corrected chi connectivity index (χ1v) is 6.69. The molecule has 1 aromatic carbocycles. The zero-order valence-electron chi connectivity index (χ0n) is 10.9. The molecule has 0 unspecified atom stereocenters. The highest BCUT2D eigenvalue weighted by Crippen LogP contribution is 2.33. The van der Waals surface area contributed by atoms with Crippen molar-refractivity contribution < 1.29 is 13.2 Å². The molecule has 0 aliphatic rings. The monoisotopic (exact) mass is 285 g/mol. The molecule has 5 heteroatoms. The van der Waals surface area contributed by atoms with E-state index >= 15 is 0 Å². The summed E-state index contributed by atoms with van der Waals surface area (Å²) in [6.45, 7) is 6.16. The summed E-state index contributed by atoms with van der Waals surface area (Å²) in [5.74, 6) is 0. The average molecular weight is 285 g/mol. The number of aromatic nitrogens is 1. The molecule has 0 amide bonds. The van der Waals surface area contributed by atoms with E-state index in [0.717, 1.165) is 22.8 Å². The molecule has 0 saturated heterocycles. The molecule has 0 atom stereocenters. The van der Waals surface area contributed by atoms with Gasteiger partial charge in [-0.1, -0.05) is 32.9 Å². The molecule has 19 heavy (non-hydrogen) atoms. The Bertz CT molecular complexity index is 562. The summed E-state index contributed by atoms with van der Waals surface area (Å²) in [7, 11) is 0. The van der Waals surface area contributed by atoms with Gasteiger partial charge in [-0.05, 0) is 12.1 Å². The fourth-order valence-electron chi connectivity index (χ4n) is 1.55. The van der Waals surface area contributed by atoms with E-state index in [9.17, 15) is 13.2 Å². The first-order chi connectivity index (χ1) is 8.68. The molecular weight excluding hydrogens is 271 g/mol. The van der Waals surface area contributed by atoms with Crippen LogP contribution in [0, 0.1) is 0 Å². The van der Waals surface area contributed by atoms with Crippen molar-refractivity contribution in [2.45, 2.75) is 32.4 Å². The zero-order valence-corrected chi connectivity index (χ0v) is 11.7. The first-order valence-electron chi connectivity index (χ1n) is 5.81. The third-order valence-electron chi connectivity index (χ3n) is 2.73. The quantitative estimate of drug-likeness (QED) is 0.708. The number of halogens is 3. The van der Waals surface area contributed by atoms with Crippen molar-refractivity contribution in [2.24, 2.45) is 0 Å². The number of hydrogen-bond acceptors (Lipinski definition) is 2. The lowest BCUT2D eigenvalue weighted by Crippen LogP contribution is -2.11. The highest BCUT2D eigenvalue weighted by atomic mass is 32.1. The van der Waals surface area contributed by atoms with Gasteiger partial charge < -0.3 is 0 Å². The Hall–Kier alpha value is -1.36. The minimum atomic E-state index is -4.29. The number of thiazole rings is 1. The van der Waals surface area contributed by atoms with Gasteiger partial charge in [-0.15, -0.1) is 11.3 Å². The Morgan fingerprint density at radius 1 is 1.00 bits per heavy atom. The van der Waals surface area contributed by atoms with Crippen molar-refractivity contribution in [3.63, 3.8) is 0 Å². The summed E-state index contributed by atoms with van der Waals surface area (Å²) < 4.78 is 37.4. The molecule has 2 rings (SSSR count). The summed E-state index contributed by atoms with van der Waals surface area (Å²) in [6.07, 6.45) is -4.29. The predicted octanol–water partition coefficient (Wildman–Crippen LogP) is 5.13. The van der Waals surface area contributed by atoms with Crippen LogP contribution in [0.3, 0.4) is 0 Å². The molecule has 1 aromatic heterocycles. The van der Waals surface area contributed by atoms with Gasteiger partial charge in [0.1, 0.15) is 5.01 Å². The van der Waals surface area contributed by atoms with E-state index in [-0.39, 0.29) is 5.41 Å². The first kappa shape index (κ1) is 14.1. The highest BCUT2D eigenvalue weighted by molar-refractivity contribution is 7.13. The van der Waals surface area contributed by atoms with Gasteiger partial charge >= 0.3 is 6.18 Å². The Kier molecular flexibility index (Phi) is 3.43. The van der Waals surface area contributed by atoms with Crippen molar-refractivity contribution in [3.8, 4) is 10.6 Å². The number of hydrogen-bond donors (Lipinski definition) is 0. The number of rotatable bonds is 1. The van der Waals surface area contributed by atoms with Crippen LogP contribution >= 0.6 is 11.3 Å². The van der Waals surface area contributed by atoms with Crippen LogP contribution in [-0.2, 0) is 11.6 Å². The second kappa shape index (κ2) is 4.63. The van der Waals surface area contributed by atoms with Gasteiger partial charge in [0.25, 0.3) is 0 Å². The highest BCUT2D eigenvalue weighted by Gasteiger charge is 2.30. The lowest BCUT2D eigenvalue weighted by molar-refractivity contribution is -0.137. The van der Waals surface area contributed by atoms with E-state index in [1.807, 2.05) is 5.38 Å². The molecule has 0 fully saturated rings. The maximum Gasteiger partial charge on any atom is 0.416 e. The van der Waals surface area contributed by atoms with Crippen molar-refractivity contribution >= 4 is 11.3 Å². The van der Waals surface area contributed by atoms with E-state index in [4.69, 9.17) is 0 Å². The Morgan fingerprint density at radius 2 is 1.58 bits per heavy atom. The van der Waals surface area contributed by atoms with Crippen molar-refractivity contribution in [1.82, 2.24) is 4.98 Å². The summed E-state index contributed by atoms with van der Waals surface area (Å²) in [6, 6.07) is 5.11. The smallest absolute Gasteiger partial charge is 0.241 e. The second-order valence-corrected chi connectivity index (χ2v) is 6.22. The Morgan fingerprint density at radius 3 is 2.00 bits per heavy atom. The van der Waals surface area contributed by atoms with Crippen LogP contribution in [-0.4, -0.2) is 4.98 Å². The zero-order chi connectivity index (χ0) is 14.3. The topological polar surface area (TPSA) is 12.9 Å². The van der Waals surface area contributed by atoms with Crippen LogP contribution in [0.25, 0.3) is 10.6 Å². The summed E-state index contributed by atoms with van der Waals surface area (Å²) >= 11 is 1.45. The maximum atomic E-state index is 12.5. The number of nitrogens with zero attached hydrogens (tertiary/aromatic N) is 1. The minimum Gasteiger partial charge on any atom is -0.241 e. The second-order valence-electron chi connectivity index (χ2n) is 5.36. The standard InChI is InChI=1S/C14H14F3NS/c1-13(2,3)11-8-19-12(18-11)9-4-6-10(7-5-9)14(15,16)17/h4-8H,1-3H3. The van der Waals surface area contributed by atoms with E-state index in [2.05, 4.69) is 25.8 Å². The molecule has 2 aromatic rings. The number of benzene rings is 1. The number of alkyl halides is 3. The largest absolute Gasteiger partial charge is 0.416 e. The normalized spacial score (nSPS) is 12.7. The molecule has 0 aliphatic heterocycles. The van der Waals surface area contributed by atoms with Crippen molar-refractivity contribution in [1.29, 1.82) is 0 Å². The Balaban J connectivity index is 2.31. The van der Waals surface area contributed by atoms with E-state index in [1.165, 1.54) is 23.5 Å². The SMILES string of the molecule is CC(C)(C)c1csc(-c2ccc(C(F)(F)F)cc2)n1. The van der Waals surface area contributed by atoms with Crippen LogP contribution < -0.4 is 0 Å². The Labute approximate surface area is 114 Å². The lowest BCUT2D eigenvalue weighted by Gasteiger charge is -2.14. The average Bonchev–Trinajstić information content (AvgIpc) is 2.77. The van der Waals surface area contributed by atoms with E-state index < -0.39 is 11.7 Å². The van der Waals surface area contributed by atoms with E-state index in [0.29, 0.717) is 5.56 Å². The molecule has 1 heterocycles. The summed E-state index contributed by atoms with van der Waals surface area (Å²) in [5.41, 5.74) is 0.977. The summed E-state index contributed by atoms with van der Waals surface area (Å²) in [4.78, 5) is 4.48. The van der Waals surface area contributed by atoms with E-state index in [1.54, 1.807) is 0 Å². The fraction of sp³-hybridized carbons (Fsp3) is 0.357. The molecule has 1 nitrogen and oxygen atoms in total. The van der Waals surface area contributed by atoms with Crippen LogP contribution in [0.15, 0.2) is 29.6 Å². The van der Waals surface area contributed by atoms with Gasteiger partial charge in [0.05, 0.1) is 11.3 Å². The minimum absolute atomic E-state index is 0.0549. The van der Waals surface area contributed by atoms with Crippen molar-refractivity contribution in [2.75, 3.05) is 0 Å².